The summed E-state index contributed by atoms with van der Waals surface area (Å²) in [5.74, 6) is 0.903. The van der Waals surface area contributed by atoms with Gasteiger partial charge in [0, 0.05) is 11.4 Å². The van der Waals surface area contributed by atoms with Gasteiger partial charge in [0.15, 0.2) is 0 Å². The zero-order valence-corrected chi connectivity index (χ0v) is 12.2. The normalized spacial score (nSPS) is 17.4. The summed E-state index contributed by atoms with van der Waals surface area (Å²) in [5, 5.41) is 3.75. The van der Waals surface area contributed by atoms with Crippen molar-refractivity contribution in [3.63, 3.8) is 0 Å². The van der Waals surface area contributed by atoms with Gasteiger partial charge in [-0.2, -0.15) is 0 Å². The van der Waals surface area contributed by atoms with Crippen LogP contribution in [0.2, 0.25) is 5.02 Å². The van der Waals surface area contributed by atoms with E-state index in [2.05, 4.69) is 5.32 Å². The van der Waals surface area contributed by atoms with Gasteiger partial charge in [-0.1, -0.05) is 55.5 Å². The van der Waals surface area contributed by atoms with Crippen LogP contribution in [-0.2, 0) is 4.79 Å². The SMILES string of the molecule is CC(NC(=O)CCC1CCCC1)c1ccccc1Cl. The maximum atomic E-state index is 11.9. The first-order valence-corrected chi connectivity index (χ1v) is 7.58. The standard InChI is InChI=1S/C16H22ClNO/c1-12(14-8-4-5-9-15(14)17)18-16(19)11-10-13-6-2-3-7-13/h4-5,8-9,12-13H,2-3,6-7,10-11H2,1H3,(H,18,19). The Kier molecular flexibility index (Phi) is 5.26. The second kappa shape index (κ2) is 6.95. The summed E-state index contributed by atoms with van der Waals surface area (Å²) in [6, 6.07) is 7.65. The number of rotatable bonds is 5. The van der Waals surface area contributed by atoms with Crippen molar-refractivity contribution in [1.82, 2.24) is 5.32 Å². The fraction of sp³-hybridized carbons (Fsp3) is 0.562. The van der Waals surface area contributed by atoms with Crippen LogP contribution in [-0.4, -0.2) is 5.91 Å². The second-order valence-corrected chi connectivity index (χ2v) is 5.91. The third-order valence-corrected chi connectivity index (χ3v) is 4.35. The summed E-state index contributed by atoms with van der Waals surface area (Å²) >= 11 is 6.13. The zero-order chi connectivity index (χ0) is 13.7. The van der Waals surface area contributed by atoms with Crippen LogP contribution in [0, 0.1) is 5.92 Å². The van der Waals surface area contributed by atoms with Crippen LogP contribution in [0.5, 0.6) is 0 Å². The number of halogens is 1. The van der Waals surface area contributed by atoms with Crippen LogP contribution in [0.25, 0.3) is 0 Å². The molecule has 19 heavy (non-hydrogen) atoms. The molecule has 1 atom stereocenters. The molecule has 1 fully saturated rings. The molecule has 2 rings (SSSR count). The molecule has 104 valence electrons. The Hall–Kier alpha value is -1.02. The van der Waals surface area contributed by atoms with E-state index in [9.17, 15) is 4.79 Å². The maximum absolute atomic E-state index is 11.9. The van der Waals surface area contributed by atoms with Crippen LogP contribution in [0.3, 0.4) is 0 Å². The first-order valence-electron chi connectivity index (χ1n) is 7.20. The molecule has 0 radical (unpaired) electrons. The number of nitrogens with one attached hydrogen (secondary N) is 1. The smallest absolute Gasteiger partial charge is 0.220 e. The Morgan fingerprint density at radius 3 is 2.74 bits per heavy atom. The lowest BCUT2D eigenvalue weighted by Crippen LogP contribution is -2.26. The highest BCUT2D eigenvalue weighted by molar-refractivity contribution is 6.31. The molecule has 0 spiro atoms. The number of amides is 1. The summed E-state index contributed by atoms with van der Waals surface area (Å²) in [4.78, 5) is 11.9. The quantitative estimate of drug-likeness (QED) is 0.845. The van der Waals surface area contributed by atoms with E-state index >= 15 is 0 Å². The van der Waals surface area contributed by atoms with E-state index in [0.717, 1.165) is 17.9 Å². The van der Waals surface area contributed by atoms with E-state index in [1.807, 2.05) is 31.2 Å². The lowest BCUT2D eigenvalue weighted by molar-refractivity contribution is -0.122. The Morgan fingerprint density at radius 1 is 1.37 bits per heavy atom. The highest BCUT2D eigenvalue weighted by Crippen LogP contribution is 2.28. The van der Waals surface area contributed by atoms with Gasteiger partial charge in [-0.25, -0.2) is 0 Å². The highest BCUT2D eigenvalue weighted by atomic mass is 35.5. The molecule has 1 aliphatic rings. The minimum Gasteiger partial charge on any atom is -0.350 e. The van der Waals surface area contributed by atoms with Gasteiger partial charge in [-0.3, -0.25) is 4.79 Å². The fourth-order valence-corrected chi connectivity index (χ4v) is 3.15. The average Bonchev–Trinajstić information content (AvgIpc) is 2.90. The third kappa shape index (κ3) is 4.24. The van der Waals surface area contributed by atoms with Crippen molar-refractivity contribution in [3.05, 3.63) is 34.9 Å². The van der Waals surface area contributed by atoms with E-state index in [1.165, 1.54) is 25.7 Å². The van der Waals surface area contributed by atoms with Crippen molar-refractivity contribution in [1.29, 1.82) is 0 Å². The van der Waals surface area contributed by atoms with Gasteiger partial charge >= 0.3 is 0 Å². The fourth-order valence-electron chi connectivity index (χ4n) is 2.85. The molecular formula is C16H22ClNO. The Morgan fingerprint density at radius 2 is 2.05 bits per heavy atom. The van der Waals surface area contributed by atoms with Crippen LogP contribution in [0.15, 0.2) is 24.3 Å². The van der Waals surface area contributed by atoms with Gasteiger partial charge in [-0.15, -0.1) is 0 Å². The number of hydrogen-bond donors (Lipinski definition) is 1. The lowest BCUT2D eigenvalue weighted by atomic mass is 10.0. The van der Waals surface area contributed by atoms with Crippen molar-refractivity contribution >= 4 is 17.5 Å². The van der Waals surface area contributed by atoms with Crippen molar-refractivity contribution in [2.45, 2.75) is 51.5 Å². The van der Waals surface area contributed by atoms with Gasteiger partial charge in [-0.05, 0) is 30.9 Å². The Bertz CT molecular complexity index is 427. The van der Waals surface area contributed by atoms with Crippen LogP contribution < -0.4 is 5.32 Å². The molecule has 0 aromatic heterocycles. The van der Waals surface area contributed by atoms with Crippen molar-refractivity contribution in [3.8, 4) is 0 Å². The molecule has 2 nitrogen and oxygen atoms in total. The predicted molar refractivity (Wildman–Crippen MR) is 79.2 cm³/mol. The largest absolute Gasteiger partial charge is 0.350 e. The summed E-state index contributed by atoms with van der Waals surface area (Å²) in [6.07, 6.45) is 6.94. The van der Waals surface area contributed by atoms with Gasteiger partial charge < -0.3 is 5.32 Å². The first kappa shape index (κ1) is 14.4. The molecule has 1 aromatic rings. The summed E-state index contributed by atoms with van der Waals surface area (Å²) in [6.45, 7) is 1.98. The molecule has 1 N–H and O–H groups in total. The van der Waals surface area contributed by atoms with E-state index in [1.54, 1.807) is 0 Å². The summed E-state index contributed by atoms with van der Waals surface area (Å²) in [7, 11) is 0. The minimum atomic E-state index is -0.0234. The average molecular weight is 280 g/mol. The molecule has 0 aliphatic heterocycles. The van der Waals surface area contributed by atoms with E-state index in [4.69, 9.17) is 11.6 Å². The Labute approximate surface area is 120 Å². The lowest BCUT2D eigenvalue weighted by Gasteiger charge is -2.16. The van der Waals surface area contributed by atoms with Gasteiger partial charge in [0.1, 0.15) is 0 Å². The first-order chi connectivity index (χ1) is 9.16. The molecule has 3 heteroatoms. The molecular weight excluding hydrogens is 258 g/mol. The van der Waals surface area contributed by atoms with Crippen molar-refractivity contribution in [2.75, 3.05) is 0 Å². The topological polar surface area (TPSA) is 29.1 Å². The molecule has 0 saturated heterocycles. The monoisotopic (exact) mass is 279 g/mol. The third-order valence-electron chi connectivity index (χ3n) is 4.00. The molecule has 1 aliphatic carbocycles. The summed E-state index contributed by atoms with van der Waals surface area (Å²) < 4.78 is 0. The van der Waals surface area contributed by atoms with Crippen LogP contribution >= 0.6 is 11.6 Å². The van der Waals surface area contributed by atoms with Crippen LogP contribution in [0.4, 0.5) is 0 Å². The number of hydrogen-bond acceptors (Lipinski definition) is 1. The van der Waals surface area contributed by atoms with E-state index in [-0.39, 0.29) is 11.9 Å². The maximum Gasteiger partial charge on any atom is 0.220 e. The molecule has 0 heterocycles. The van der Waals surface area contributed by atoms with Gasteiger partial charge in [0.05, 0.1) is 6.04 Å². The minimum absolute atomic E-state index is 0.0234. The van der Waals surface area contributed by atoms with Crippen LogP contribution in [0.1, 0.15) is 57.1 Å². The number of benzene rings is 1. The Balaban J connectivity index is 1.79. The van der Waals surface area contributed by atoms with Crippen molar-refractivity contribution in [2.24, 2.45) is 5.92 Å². The molecule has 1 unspecified atom stereocenters. The van der Waals surface area contributed by atoms with Gasteiger partial charge in [0.2, 0.25) is 5.91 Å². The molecule has 1 amide bonds. The van der Waals surface area contributed by atoms with Gasteiger partial charge in [0.25, 0.3) is 0 Å². The molecule has 1 saturated carbocycles. The number of carbonyl (C=O) groups excluding carboxylic acids is 1. The zero-order valence-electron chi connectivity index (χ0n) is 11.5. The molecule has 0 bridgehead atoms. The number of carbonyl (C=O) groups is 1. The van der Waals surface area contributed by atoms with Crippen molar-refractivity contribution < 1.29 is 4.79 Å². The molecule has 1 aromatic carbocycles. The second-order valence-electron chi connectivity index (χ2n) is 5.50. The van der Waals surface area contributed by atoms with E-state index < -0.39 is 0 Å². The van der Waals surface area contributed by atoms with E-state index in [0.29, 0.717) is 11.4 Å². The predicted octanol–water partition coefficient (Wildman–Crippen LogP) is 4.49. The highest BCUT2D eigenvalue weighted by Gasteiger charge is 2.17. The summed E-state index contributed by atoms with van der Waals surface area (Å²) in [5.41, 5.74) is 0.985.